The van der Waals surface area contributed by atoms with E-state index in [0.717, 1.165) is 32.8 Å². The third kappa shape index (κ3) is 5.54. The fourth-order valence-electron chi connectivity index (χ4n) is 1.95. The molecule has 0 aromatic heterocycles. The summed E-state index contributed by atoms with van der Waals surface area (Å²) in [4.78, 5) is 14.1. The van der Waals surface area contributed by atoms with Gasteiger partial charge in [0.25, 0.3) is 5.91 Å². The lowest BCUT2D eigenvalue weighted by Gasteiger charge is -2.26. The van der Waals surface area contributed by atoms with Gasteiger partial charge in [0.2, 0.25) is 0 Å². The number of nitrogens with one attached hydrogen (secondary N) is 1. The van der Waals surface area contributed by atoms with Gasteiger partial charge in [0.05, 0.1) is 18.8 Å². The Balaban J connectivity index is 0.00000180. The lowest BCUT2D eigenvalue weighted by Crippen LogP contribution is -2.41. The molecule has 114 valence electrons. The summed E-state index contributed by atoms with van der Waals surface area (Å²) in [6, 6.07) is 7.10. The van der Waals surface area contributed by atoms with Crippen LogP contribution in [0.4, 0.5) is 5.69 Å². The summed E-state index contributed by atoms with van der Waals surface area (Å²) in [6.07, 6.45) is 0. The molecule has 3 N–H and O–H groups in total. The molecular formula is C13H21Cl2N3O2. The maximum absolute atomic E-state index is 11.9. The van der Waals surface area contributed by atoms with Gasteiger partial charge < -0.3 is 15.8 Å². The van der Waals surface area contributed by atoms with Crippen molar-refractivity contribution >= 4 is 36.4 Å². The minimum Gasteiger partial charge on any atom is -0.398 e. The average Bonchev–Trinajstić information content (AvgIpc) is 2.40. The first-order chi connectivity index (χ1) is 8.77. The fourth-order valence-corrected chi connectivity index (χ4v) is 1.95. The van der Waals surface area contributed by atoms with Crippen molar-refractivity contribution in [1.82, 2.24) is 10.2 Å². The molecule has 1 aliphatic heterocycles. The first kappa shape index (κ1) is 19.0. The van der Waals surface area contributed by atoms with E-state index in [1.165, 1.54) is 0 Å². The van der Waals surface area contributed by atoms with Crippen LogP contribution in [-0.4, -0.2) is 50.2 Å². The maximum Gasteiger partial charge on any atom is 0.253 e. The van der Waals surface area contributed by atoms with Gasteiger partial charge in [-0.05, 0) is 12.1 Å². The van der Waals surface area contributed by atoms with Crippen molar-refractivity contribution in [2.75, 3.05) is 45.1 Å². The van der Waals surface area contributed by atoms with Crippen molar-refractivity contribution in [1.29, 1.82) is 0 Å². The largest absolute Gasteiger partial charge is 0.398 e. The van der Waals surface area contributed by atoms with Crippen LogP contribution in [-0.2, 0) is 4.74 Å². The van der Waals surface area contributed by atoms with E-state index in [0.29, 0.717) is 17.8 Å². The summed E-state index contributed by atoms with van der Waals surface area (Å²) in [5, 5.41) is 2.89. The Morgan fingerprint density at radius 2 is 1.90 bits per heavy atom. The van der Waals surface area contributed by atoms with E-state index >= 15 is 0 Å². The topological polar surface area (TPSA) is 67.6 Å². The van der Waals surface area contributed by atoms with Crippen LogP contribution < -0.4 is 11.1 Å². The molecule has 0 spiro atoms. The van der Waals surface area contributed by atoms with Crippen LogP contribution in [0.25, 0.3) is 0 Å². The Morgan fingerprint density at radius 3 is 2.55 bits per heavy atom. The van der Waals surface area contributed by atoms with Crippen molar-refractivity contribution in [3.8, 4) is 0 Å². The molecule has 0 aliphatic carbocycles. The molecule has 1 saturated heterocycles. The van der Waals surface area contributed by atoms with Crippen LogP contribution in [0, 0.1) is 0 Å². The van der Waals surface area contributed by atoms with Crippen LogP contribution in [0.3, 0.4) is 0 Å². The Bertz CT molecular complexity index is 412. The van der Waals surface area contributed by atoms with Crippen molar-refractivity contribution in [3.05, 3.63) is 29.8 Å². The number of ether oxygens (including phenoxy) is 1. The van der Waals surface area contributed by atoms with Crippen LogP contribution in [0.5, 0.6) is 0 Å². The minimum absolute atomic E-state index is 0. The van der Waals surface area contributed by atoms with E-state index in [1.807, 2.05) is 12.1 Å². The normalized spacial score (nSPS) is 14.8. The highest BCUT2D eigenvalue weighted by molar-refractivity contribution is 5.99. The van der Waals surface area contributed by atoms with E-state index in [9.17, 15) is 4.79 Å². The Labute approximate surface area is 131 Å². The molecule has 1 amide bonds. The second-order valence-electron chi connectivity index (χ2n) is 4.30. The number of carbonyl (C=O) groups is 1. The Hall–Kier alpha value is -1.01. The molecule has 1 fully saturated rings. The maximum atomic E-state index is 11.9. The first-order valence-electron chi connectivity index (χ1n) is 6.20. The van der Waals surface area contributed by atoms with E-state index in [2.05, 4.69) is 10.2 Å². The number of para-hydroxylation sites is 1. The van der Waals surface area contributed by atoms with Crippen LogP contribution in [0.2, 0.25) is 0 Å². The molecular weight excluding hydrogens is 301 g/mol. The summed E-state index contributed by atoms with van der Waals surface area (Å²) in [5.41, 5.74) is 6.80. The fraction of sp³-hybridized carbons (Fsp3) is 0.462. The third-order valence-electron chi connectivity index (χ3n) is 3.02. The lowest BCUT2D eigenvalue weighted by atomic mass is 10.1. The molecule has 0 bridgehead atoms. The van der Waals surface area contributed by atoms with E-state index in [1.54, 1.807) is 12.1 Å². The highest BCUT2D eigenvalue weighted by Gasteiger charge is 2.11. The van der Waals surface area contributed by atoms with Crippen molar-refractivity contribution < 1.29 is 9.53 Å². The van der Waals surface area contributed by atoms with Crippen molar-refractivity contribution in [3.63, 3.8) is 0 Å². The molecule has 1 aromatic carbocycles. The number of hydrogen-bond acceptors (Lipinski definition) is 4. The number of rotatable bonds is 4. The van der Waals surface area contributed by atoms with E-state index < -0.39 is 0 Å². The minimum atomic E-state index is -0.110. The Morgan fingerprint density at radius 1 is 1.25 bits per heavy atom. The summed E-state index contributed by atoms with van der Waals surface area (Å²) >= 11 is 0. The lowest BCUT2D eigenvalue weighted by molar-refractivity contribution is 0.0383. The predicted octanol–water partition coefficient (Wildman–Crippen LogP) is 1.17. The molecule has 1 aliphatic rings. The number of nitrogens with two attached hydrogens (primary N) is 1. The summed E-state index contributed by atoms with van der Waals surface area (Å²) in [6.45, 7) is 4.90. The van der Waals surface area contributed by atoms with Gasteiger partial charge in [-0.1, -0.05) is 12.1 Å². The number of amides is 1. The number of nitrogen functional groups attached to an aromatic ring is 1. The van der Waals surface area contributed by atoms with Crippen LogP contribution in [0.1, 0.15) is 10.4 Å². The average molecular weight is 322 g/mol. The quantitative estimate of drug-likeness (QED) is 0.817. The zero-order chi connectivity index (χ0) is 12.8. The molecule has 0 radical (unpaired) electrons. The number of halogens is 2. The second-order valence-corrected chi connectivity index (χ2v) is 4.30. The van der Waals surface area contributed by atoms with Crippen molar-refractivity contribution in [2.24, 2.45) is 0 Å². The van der Waals surface area contributed by atoms with Gasteiger partial charge in [0, 0.05) is 31.9 Å². The number of carbonyl (C=O) groups excluding carboxylic acids is 1. The first-order valence-corrected chi connectivity index (χ1v) is 6.20. The van der Waals surface area contributed by atoms with Gasteiger partial charge in [-0.25, -0.2) is 0 Å². The van der Waals surface area contributed by atoms with Gasteiger partial charge in [-0.15, -0.1) is 24.8 Å². The monoisotopic (exact) mass is 321 g/mol. The molecule has 1 aromatic rings. The smallest absolute Gasteiger partial charge is 0.253 e. The standard InChI is InChI=1S/C13H19N3O2.2ClH/c14-12-4-2-1-3-11(12)13(17)15-5-6-16-7-9-18-10-8-16;;/h1-4H,5-10,14H2,(H,15,17);2*1H. The molecule has 20 heavy (non-hydrogen) atoms. The highest BCUT2D eigenvalue weighted by atomic mass is 35.5. The SMILES string of the molecule is Cl.Cl.Nc1ccccc1C(=O)NCCN1CCOCC1. The predicted molar refractivity (Wildman–Crippen MR) is 84.9 cm³/mol. The van der Waals surface area contributed by atoms with Crippen LogP contribution >= 0.6 is 24.8 Å². The van der Waals surface area contributed by atoms with Gasteiger partial charge in [0.1, 0.15) is 0 Å². The number of morpholine rings is 1. The zero-order valence-corrected chi connectivity index (χ0v) is 12.8. The summed E-state index contributed by atoms with van der Waals surface area (Å²) in [7, 11) is 0. The van der Waals surface area contributed by atoms with Gasteiger partial charge >= 0.3 is 0 Å². The van der Waals surface area contributed by atoms with Crippen LogP contribution in [0.15, 0.2) is 24.3 Å². The molecule has 5 nitrogen and oxygen atoms in total. The van der Waals surface area contributed by atoms with Gasteiger partial charge in [-0.2, -0.15) is 0 Å². The number of benzene rings is 1. The second kappa shape index (κ2) is 9.83. The molecule has 0 atom stereocenters. The zero-order valence-electron chi connectivity index (χ0n) is 11.2. The molecule has 0 saturated carbocycles. The molecule has 1 heterocycles. The van der Waals surface area contributed by atoms with Gasteiger partial charge in [-0.3, -0.25) is 9.69 Å². The Kier molecular flexibility index (Phi) is 9.33. The van der Waals surface area contributed by atoms with Gasteiger partial charge in [0.15, 0.2) is 0 Å². The number of nitrogens with zero attached hydrogens (tertiary/aromatic N) is 1. The summed E-state index contributed by atoms with van der Waals surface area (Å²) in [5.74, 6) is -0.110. The molecule has 7 heteroatoms. The highest BCUT2D eigenvalue weighted by Crippen LogP contribution is 2.09. The number of hydrogen-bond donors (Lipinski definition) is 2. The van der Waals surface area contributed by atoms with E-state index in [4.69, 9.17) is 10.5 Å². The molecule has 2 rings (SSSR count). The third-order valence-corrected chi connectivity index (χ3v) is 3.02. The summed E-state index contributed by atoms with van der Waals surface area (Å²) < 4.78 is 5.27. The molecule has 0 unspecified atom stereocenters. The van der Waals surface area contributed by atoms with E-state index in [-0.39, 0.29) is 30.7 Å². The van der Waals surface area contributed by atoms with Crippen molar-refractivity contribution in [2.45, 2.75) is 0 Å². The number of anilines is 1.